The van der Waals surface area contributed by atoms with Gasteiger partial charge in [0.25, 0.3) is 5.91 Å². The Balaban J connectivity index is 1.51. The molecular weight excluding hydrogens is 316 g/mol. The Kier molecular flexibility index (Phi) is 5.66. The topological polar surface area (TPSA) is 57.6 Å². The van der Waals surface area contributed by atoms with Crippen molar-refractivity contribution in [3.8, 4) is 0 Å². The zero-order valence-corrected chi connectivity index (χ0v) is 15.4. The Bertz CT molecular complexity index is 596. The predicted molar refractivity (Wildman–Crippen MR) is 97.7 cm³/mol. The Morgan fingerprint density at radius 2 is 1.68 bits per heavy atom. The smallest absolute Gasteiger partial charge is 0.317 e. The molecule has 138 valence electrons. The molecule has 1 aliphatic carbocycles. The third-order valence-electron chi connectivity index (χ3n) is 5.34. The molecule has 6 heteroatoms. The predicted octanol–water partition coefficient (Wildman–Crippen LogP) is 2.87. The van der Waals surface area contributed by atoms with Crippen LogP contribution in [-0.2, 0) is 0 Å². The number of amides is 3. The lowest BCUT2D eigenvalue weighted by Gasteiger charge is -2.36. The van der Waals surface area contributed by atoms with Crippen molar-refractivity contribution in [2.45, 2.75) is 58.0 Å². The average Bonchev–Trinajstić information content (AvgIpc) is 3.12. The number of rotatable bonds is 3. The van der Waals surface area contributed by atoms with Crippen molar-refractivity contribution in [3.63, 3.8) is 0 Å². The van der Waals surface area contributed by atoms with Gasteiger partial charge in [0.2, 0.25) is 0 Å². The Morgan fingerprint density at radius 1 is 1.04 bits per heavy atom. The second-order valence-electron chi connectivity index (χ2n) is 7.46. The van der Waals surface area contributed by atoms with Gasteiger partial charge in [-0.15, -0.1) is 0 Å². The molecule has 0 unspecified atom stereocenters. The van der Waals surface area contributed by atoms with Crippen LogP contribution in [0.4, 0.5) is 4.79 Å². The van der Waals surface area contributed by atoms with Crippen molar-refractivity contribution in [2.24, 2.45) is 0 Å². The van der Waals surface area contributed by atoms with Crippen LogP contribution in [0, 0.1) is 0 Å². The van der Waals surface area contributed by atoms with Gasteiger partial charge in [-0.2, -0.15) is 0 Å². The highest BCUT2D eigenvalue weighted by atomic mass is 16.2. The fourth-order valence-corrected chi connectivity index (χ4v) is 3.81. The first kappa shape index (κ1) is 17.8. The van der Waals surface area contributed by atoms with Crippen LogP contribution in [-0.4, -0.2) is 58.5 Å². The van der Waals surface area contributed by atoms with Crippen molar-refractivity contribution in [1.29, 1.82) is 0 Å². The van der Waals surface area contributed by atoms with Crippen LogP contribution in [0.25, 0.3) is 0 Å². The van der Waals surface area contributed by atoms with Crippen LogP contribution in [0.2, 0.25) is 0 Å². The largest absolute Gasteiger partial charge is 0.341 e. The van der Waals surface area contributed by atoms with E-state index in [1.54, 1.807) is 0 Å². The first-order chi connectivity index (χ1) is 12.1. The summed E-state index contributed by atoms with van der Waals surface area (Å²) in [7, 11) is 0. The van der Waals surface area contributed by atoms with Gasteiger partial charge in [-0.1, -0.05) is 19.3 Å². The molecule has 2 aliphatic rings. The van der Waals surface area contributed by atoms with Crippen LogP contribution >= 0.6 is 0 Å². The maximum Gasteiger partial charge on any atom is 0.317 e. The lowest BCUT2D eigenvalue weighted by Crippen LogP contribution is -2.54. The second kappa shape index (κ2) is 7.93. The maximum atomic E-state index is 12.8. The molecule has 1 aromatic heterocycles. The van der Waals surface area contributed by atoms with E-state index < -0.39 is 0 Å². The molecule has 0 radical (unpaired) electrons. The molecule has 0 atom stereocenters. The fourth-order valence-electron chi connectivity index (χ4n) is 3.81. The van der Waals surface area contributed by atoms with Gasteiger partial charge in [-0.3, -0.25) is 4.79 Å². The van der Waals surface area contributed by atoms with Gasteiger partial charge in [-0.25, -0.2) is 4.79 Å². The molecule has 0 spiro atoms. The normalized spacial score (nSPS) is 19.3. The third-order valence-corrected chi connectivity index (χ3v) is 5.34. The number of urea groups is 1. The van der Waals surface area contributed by atoms with E-state index in [4.69, 9.17) is 0 Å². The number of aromatic nitrogens is 1. The highest BCUT2D eigenvalue weighted by Gasteiger charge is 2.27. The second-order valence-corrected chi connectivity index (χ2v) is 7.46. The van der Waals surface area contributed by atoms with Crippen LogP contribution in [0.1, 0.15) is 62.5 Å². The summed E-state index contributed by atoms with van der Waals surface area (Å²) < 4.78 is 2.00. The number of piperazine rings is 1. The van der Waals surface area contributed by atoms with Crippen molar-refractivity contribution < 1.29 is 9.59 Å². The lowest BCUT2D eigenvalue weighted by molar-refractivity contribution is 0.0650. The van der Waals surface area contributed by atoms with Gasteiger partial charge in [0.05, 0.1) is 0 Å². The number of hydrogen-bond acceptors (Lipinski definition) is 2. The Hall–Kier alpha value is -1.98. The average molecular weight is 346 g/mol. The summed E-state index contributed by atoms with van der Waals surface area (Å²) in [6.07, 6.45) is 7.84. The van der Waals surface area contributed by atoms with E-state index in [2.05, 4.69) is 19.2 Å². The molecule has 0 bridgehead atoms. The summed E-state index contributed by atoms with van der Waals surface area (Å²) in [5, 5.41) is 3.16. The molecule has 1 aromatic rings. The molecule has 1 aliphatic heterocycles. The minimum Gasteiger partial charge on any atom is -0.341 e. The number of carbonyl (C=O) groups is 2. The summed E-state index contributed by atoms with van der Waals surface area (Å²) in [5.41, 5.74) is 0.732. The van der Waals surface area contributed by atoms with Crippen molar-refractivity contribution in [2.75, 3.05) is 26.2 Å². The zero-order chi connectivity index (χ0) is 17.8. The molecule has 2 fully saturated rings. The summed E-state index contributed by atoms with van der Waals surface area (Å²) in [4.78, 5) is 28.9. The first-order valence-electron chi connectivity index (χ1n) is 9.58. The molecule has 1 N–H and O–H groups in total. The van der Waals surface area contributed by atoms with Crippen LogP contribution < -0.4 is 5.32 Å². The van der Waals surface area contributed by atoms with Gasteiger partial charge < -0.3 is 19.7 Å². The molecule has 6 nitrogen and oxygen atoms in total. The molecule has 25 heavy (non-hydrogen) atoms. The van der Waals surface area contributed by atoms with Gasteiger partial charge in [0, 0.05) is 44.5 Å². The summed E-state index contributed by atoms with van der Waals surface area (Å²) >= 11 is 0. The van der Waals surface area contributed by atoms with E-state index in [0.29, 0.717) is 32.2 Å². The molecule has 3 rings (SSSR count). The highest BCUT2D eigenvalue weighted by molar-refractivity contribution is 5.93. The van der Waals surface area contributed by atoms with E-state index in [9.17, 15) is 9.59 Å². The van der Waals surface area contributed by atoms with E-state index in [1.165, 1.54) is 19.3 Å². The number of carbonyl (C=O) groups excluding carboxylic acids is 2. The monoisotopic (exact) mass is 346 g/mol. The molecule has 3 amide bonds. The molecule has 2 heterocycles. The van der Waals surface area contributed by atoms with Crippen LogP contribution in [0.3, 0.4) is 0 Å². The van der Waals surface area contributed by atoms with E-state index in [1.807, 2.05) is 32.7 Å². The Labute approximate surface area is 150 Å². The number of nitrogens with zero attached hydrogens (tertiary/aromatic N) is 3. The summed E-state index contributed by atoms with van der Waals surface area (Å²) in [5.74, 6) is 0.0611. The third kappa shape index (κ3) is 4.17. The number of hydrogen-bond donors (Lipinski definition) is 1. The quantitative estimate of drug-likeness (QED) is 0.915. The van der Waals surface area contributed by atoms with E-state index in [-0.39, 0.29) is 18.0 Å². The zero-order valence-electron chi connectivity index (χ0n) is 15.4. The van der Waals surface area contributed by atoms with Crippen LogP contribution in [0.15, 0.2) is 18.3 Å². The SMILES string of the molecule is CC(C)n1cccc1C(=O)N1CCN(C(=O)NC2CCCCC2)CC1. The van der Waals surface area contributed by atoms with Crippen molar-refractivity contribution in [3.05, 3.63) is 24.0 Å². The number of nitrogens with one attached hydrogen (secondary N) is 1. The molecule has 0 aromatic carbocycles. The van der Waals surface area contributed by atoms with Gasteiger partial charge >= 0.3 is 6.03 Å². The minimum absolute atomic E-state index is 0.0320. The summed E-state index contributed by atoms with van der Waals surface area (Å²) in [6, 6.07) is 4.42. The van der Waals surface area contributed by atoms with Gasteiger partial charge in [0.15, 0.2) is 0 Å². The highest BCUT2D eigenvalue weighted by Crippen LogP contribution is 2.18. The van der Waals surface area contributed by atoms with Crippen molar-refractivity contribution >= 4 is 11.9 Å². The molecular formula is C19H30N4O2. The van der Waals surface area contributed by atoms with Gasteiger partial charge in [-0.05, 0) is 38.8 Å². The molecule has 1 saturated heterocycles. The Morgan fingerprint density at radius 3 is 2.32 bits per heavy atom. The fraction of sp³-hybridized carbons (Fsp3) is 0.684. The van der Waals surface area contributed by atoms with E-state index >= 15 is 0 Å². The van der Waals surface area contributed by atoms with E-state index in [0.717, 1.165) is 18.5 Å². The van der Waals surface area contributed by atoms with Gasteiger partial charge in [0.1, 0.15) is 5.69 Å². The summed E-state index contributed by atoms with van der Waals surface area (Å²) in [6.45, 7) is 6.55. The standard InChI is InChI=1S/C19H30N4O2/c1-15(2)23-10-6-9-17(23)18(24)21-11-13-22(14-12-21)19(25)20-16-7-4-3-5-8-16/h6,9-10,15-16H,3-5,7-8,11-14H2,1-2H3,(H,20,25). The van der Waals surface area contributed by atoms with Crippen molar-refractivity contribution in [1.82, 2.24) is 19.7 Å². The molecule has 1 saturated carbocycles. The maximum absolute atomic E-state index is 12.8. The lowest BCUT2D eigenvalue weighted by atomic mass is 9.96. The first-order valence-corrected chi connectivity index (χ1v) is 9.58. The minimum atomic E-state index is 0.0320. The van der Waals surface area contributed by atoms with Crippen LogP contribution in [0.5, 0.6) is 0 Å².